The quantitative estimate of drug-likeness (QED) is 0.814. The standard InChI is InChI=1S/C15H29NO2/c1-13(2)10-12(14(3,4)18-13)16-15(11-17)8-6-5-7-9-15/h12,16-17H,5-11H2,1-4H3. The lowest BCUT2D eigenvalue weighted by molar-refractivity contribution is -0.0732. The molecule has 0 amide bonds. The summed E-state index contributed by atoms with van der Waals surface area (Å²) in [6.07, 6.45) is 6.96. The van der Waals surface area contributed by atoms with Gasteiger partial charge >= 0.3 is 0 Å². The second-order valence-corrected chi connectivity index (χ2v) is 7.37. The molecule has 2 N–H and O–H groups in total. The van der Waals surface area contributed by atoms with Gasteiger partial charge in [0.1, 0.15) is 0 Å². The molecule has 3 heteroatoms. The number of rotatable bonds is 3. The third kappa shape index (κ3) is 2.89. The monoisotopic (exact) mass is 255 g/mol. The van der Waals surface area contributed by atoms with Crippen LogP contribution in [0.3, 0.4) is 0 Å². The number of ether oxygens (including phenoxy) is 1. The van der Waals surface area contributed by atoms with Gasteiger partial charge in [0.15, 0.2) is 0 Å². The van der Waals surface area contributed by atoms with Crippen molar-refractivity contribution < 1.29 is 9.84 Å². The van der Waals surface area contributed by atoms with Crippen molar-refractivity contribution >= 4 is 0 Å². The predicted molar refractivity (Wildman–Crippen MR) is 73.7 cm³/mol. The molecular weight excluding hydrogens is 226 g/mol. The number of hydrogen-bond acceptors (Lipinski definition) is 3. The van der Waals surface area contributed by atoms with E-state index in [2.05, 4.69) is 33.0 Å². The Kier molecular flexibility index (Phi) is 3.79. The van der Waals surface area contributed by atoms with Gasteiger partial charge in [0.25, 0.3) is 0 Å². The van der Waals surface area contributed by atoms with E-state index in [1.165, 1.54) is 19.3 Å². The highest BCUT2D eigenvalue weighted by atomic mass is 16.5. The van der Waals surface area contributed by atoms with Crippen LogP contribution in [-0.2, 0) is 4.74 Å². The molecule has 0 aromatic carbocycles. The lowest BCUT2D eigenvalue weighted by atomic mass is 9.80. The lowest BCUT2D eigenvalue weighted by Crippen LogP contribution is -2.58. The van der Waals surface area contributed by atoms with Crippen molar-refractivity contribution in [3.8, 4) is 0 Å². The molecule has 1 aliphatic heterocycles. The SMILES string of the molecule is CC1(C)CC(NC2(CO)CCCCC2)C(C)(C)O1. The molecule has 1 unspecified atom stereocenters. The fraction of sp³-hybridized carbons (Fsp3) is 1.00. The summed E-state index contributed by atoms with van der Waals surface area (Å²) in [6, 6.07) is 0.331. The van der Waals surface area contributed by atoms with Crippen molar-refractivity contribution in [3.05, 3.63) is 0 Å². The maximum atomic E-state index is 9.80. The van der Waals surface area contributed by atoms with E-state index in [-0.39, 0.29) is 23.3 Å². The van der Waals surface area contributed by atoms with E-state index >= 15 is 0 Å². The van der Waals surface area contributed by atoms with Crippen LogP contribution in [0.1, 0.15) is 66.2 Å². The zero-order chi connectivity index (χ0) is 13.4. The molecule has 106 valence electrons. The van der Waals surface area contributed by atoms with E-state index in [1.807, 2.05) is 0 Å². The normalized spacial score (nSPS) is 33.5. The van der Waals surface area contributed by atoms with Crippen molar-refractivity contribution in [1.82, 2.24) is 5.32 Å². The highest BCUT2D eigenvalue weighted by Crippen LogP contribution is 2.39. The molecule has 18 heavy (non-hydrogen) atoms. The van der Waals surface area contributed by atoms with Gasteiger partial charge in [0.05, 0.1) is 17.8 Å². The third-order valence-corrected chi connectivity index (χ3v) is 4.67. The Bertz CT molecular complexity index is 293. The molecule has 0 aromatic heterocycles. The minimum atomic E-state index is -0.150. The maximum Gasteiger partial charge on any atom is 0.0787 e. The third-order valence-electron chi connectivity index (χ3n) is 4.67. The first-order chi connectivity index (χ1) is 8.29. The van der Waals surface area contributed by atoms with Gasteiger partial charge in [-0.1, -0.05) is 19.3 Å². The molecule has 2 aliphatic rings. The van der Waals surface area contributed by atoms with Crippen LogP contribution < -0.4 is 5.32 Å². The topological polar surface area (TPSA) is 41.5 Å². The van der Waals surface area contributed by atoms with Crippen LogP contribution in [0.15, 0.2) is 0 Å². The Morgan fingerprint density at radius 1 is 1.11 bits per heavy atom. The molecule has 1 heterocycles. The van der Waals surface area contributed by atoms with E-state index in [0.717, 1.165) is 19.3 Å². The van der Waals surface area contributed by atoms with E-state index in [0.29, 0.717) is 6.04 Å². The molecule has 0 bridgehead atoms. The first kappa shape index (κ1) is 14.3. The largest absolute Gasteiger partial charge is 0.394 e. The van der Waals surface area contributed by atoms with Gasteiger partial charge in [-0.25, -0.2) is 0 Å². The van der Waals surface area contributed by atoms with E-state index < -0.39 is 0 Å². The number of aliphatic hydroxyl groups is 1. The Morgan fingerprint density at radius 3 is 2.17 bits per heavy atom. The zero-order valence-electron chi connectivity index (χ0n) is 12.4. The van der Waals surface area contributed by atoms with Crippen LogP contribution in [0.5, 0.6) is 0 Å². The van der Waals surface area contributed by atoms with Gasteiger partial charge in [-0.05, 0) is 47.0 Å². The molecule has 2 rings (SSSR count). The van der Waals surface area contributed by atoms with Crippen molar-refractivity contribution in [2.24, 2.45) is 0 Å². The lowest BCUT2D eigenvalue weighted by Gasteiger charge is -2.41. The Balaban J connectivity index is 2.07. The zero-order valence-corrected chi connectivity index (χ0v) is 12.4. The van der Waals surface area contributed by atoms with Gasteiger partial charge in [0.2, 0.25) is 0 Å². The summed E-state index contributed by atoms with van der Waals surface area (Å²) in [5.41, 5.74) is -0.278. The molecule has 0 radical (unpaired) electrons. The molecule has 2 fully saturated rings. The highest BCUT2D eigenvalue weighted by Gasteiger charge is 2.48. The van der Waals surface area contributed by atoms with Crippen molar-refractivity contribution in [2.75, 3.05) is 6.61 Å². The number of nitrogens with one attached hydrogen (secondary N) is 1. The van der Waals surface area contributed by atoms with Crippen molar-refractivity contribution in [1.29, 1.82) is 0 Å². The fourth-order valence-electron chi connectivity index (χ4n) is 3.73. The van der Waals surface area contributed by atoms with E-state index in [4.69, 9.17) is 4.74 Å². The Labute approximate surface area is 111 Å². The molecule has 1 aliphatic carbocycles. The van der Waals surface area contributed by atoms with Crippen LogP contribution >= 0.6 is 0 Å². The molecule has 0 aromatic rings. The fourth-order valence-corrected chi connectivity index (χ4v) is 3.73. The minimum Gasteiger partial charge on any atom is -0.394 e. The second kappa shape index (κ2) is 4.77. The van der Waals surface area contributed by atoms with Gasteiger partial charge in [0, 0.05) is 11.6 Å². The van der Waals surface area contributed by atoms with E-state index in [1.54, 1.807) is 0 Å². The van der Waals surface area contributed by atoms with Crippen LogP contribution in [0.4, 0.5) is 0 Å². The summed E-state index contributed by atoms with van der Waals surface area (Å²) in [5.74, 6) is 0. The van der Waals surface area contributed by atoms with Crippen molar-refractivity contribution in [3.63, 3.8) is 0 Å². The summed E-state index contributed by atoms with van der Waals surface area (Å²) < 4.78 is 6.14. The average Bonchev–Trinajstić information content (AvgIpc) is 2.48. The minimum absolute atomic E-state index is 0.0630. The first-order valence-electron chi connectivity index (χ1n) is 7.37. The average molecular weight is 255 g/mol. The van der Waals surface area contributed by atoms with E-state index in [9.17, 15) is 5.11 Å². The van der Waals surface area contributed by atoms with Crippen LogP contribution in [0.25, 0.3) is 0 Å². The van der Waals surface area contributed by atoms with Crippen molar-refractivity contribution in [2.45, 2.75) is 89.0 Å². The van der Waals surface area contributed by atoms with Gasteiger partial charge in [-0.2, -0.15) is 0 Å². The van der Waals surface area contributed by atoms with Gasteiger partial charge in [-0.3, -0.25) is 0 Å². The summed E-state index contributed by atoms with van der Waals surface area (Å²) in [6.45, 7) is 8.88. The van der Waals surface area contributed by atoms with Crippen LogP contribution in [0.2, 0.25) is 0 Å². The predicted octanol–water partition coefficient (Wildman–Crippen LogP) is 2.62. The number of hydrogen-bond donors (Lipinski definition) is 2. The van der Waals surface area contributed by atoms with Gasteiger partial charge < -0.3 is 15.2 Å². The maximum absolute atomic E-state index is 9.80. The summed E-state index contributed by atoms with van der Waals surface area (Å²) in [5, 5.41) is 13.6. The second-order valence-electron chi connectivity index (χ2n) is 7.37. The first-order valence-corrected chi connectivity index (χ1v) is 7.37. The van der Waals surface area contributed by atoms with Crippen LogP contribution in [0, 0.1) is 0 Å². The molecule has 1 atom stereocenters. The Morgan fingerprint density at radius 2 is 1.72 bits per heavy atom. The summed E-state index contributed by atoms with van der Waals surface area (Å²) in [7, 11) is 0. The Hall–Kier alpha value is -0.120. The molecule has 3 nitrogen and oxygen atoms in total. The molecule has 1 saturated heterocycles. The summed E-state index contributed by atoms with van der Waals surface area (Å²) in [4.78, 5) is 0. The molecular formula is C15H29NO2. The smallest absolute Gasteiger partial charge is 0.0787 e. The number of aliphatic hydroxyl groups excluding tert-OH is 1. The molecule has 0 spiro atoms. The summed E-state index contributed by atoms with van der Waals surface area (Å²) >= 11 is 0. The van der Waals surface area contributed by atoms with Gasteiger partial charge in [-0.15, -0.1) is 0 Å². The molecule has 1 saturated carbocycles. The highest BCUT2D eigenvalue weighted by molar-refractivity contribution is 5.03. The van der Waals surface area contributed by atoms with Crippen LogP contribution in [-0.4, -0.2) is 34.5 Å².